The number of fused-ring (bicyclic) bond motifs is 4. The molecule has 60 heavy (non-hydrogen) atoms. The highest BCUT2D eigenvalue weighted by molar-refractivity contribution is 6.11. The molecule has 0 aliphatic rings. The molecule has 11 rings (SSSR count). The molecule has 2 heteroatoms. The molecule has 0 atom stereocenters. The van der Waals surface area contributed by atoms with Crippen molar-refractivity contribution in [2.24, 2.45) is 0 Å². The van der Waals surface area contributed by atoms with Crippen molar-refractivity contribution < 1.29 is 4.42 Å². The molecule has 0 N–H and O–H groups in total. The first-order valence-corrected chi connectivity index (χ1v) is 20.5. The summed E-state index contributed by atoms with van der Waals surface area (Å²) < 4.78 is 6.61. The number of anilines is 3. The fourth-order valence-corrected chi connectivity index (χ4v) is 8.74. The van der Waals surface area contributed by atoms with Gasteiger partial charge in [-0.25, -0.2) is 0 Å². The molecule has 0 aliphatic carbocycles. The number of para-hydroxylation sites is 3. The van der Waals surface area contributed by atoms with Crippen LogP contribution in [-0.4, -0.2) is 0 Å². The Bertz CT molecular complexity index is 3230. The summed E-state index contributed by atoms with van der Waals surface area (Å²) in [6.45, 7) is 0. The van der Waals surface area contributed by atoms with Gasteiger partial charge in [0, 0.05) is 33.3 Å². The molecule has 282 valence electrons. The topological polar surface area (TPSA) is 16.4 Å². The van der Waals surface area contributed by atoms with Crippen molar-refractivity contribution in [3.8, 4) is 55.6 Å². The Morgan fingerprint density at radius 3 is 1.43 bits per heavy atom. The van der Waals surface area contributed by atoms with Crippen LogP contribution in [0, 0.1) is 0 Å². The van der Waals surface area contributed by atoms with Crippen LogP contribution in [-0.2, 0) is 0 Å². The van der Waals surface area contributed by atoms with E-state index in [4.69, 9.17) is 4.42 Å². The van der Waals surface area contributed by atoms with Crippen LogP contribution >= 0.6 is 0 Å². The molecule has 2 nitrogen and oxygen atoms in total. The zero-order valence-electron chi connectivity index (χ0n) is 32.9. The molecule has 0 aliphatic heterocycles. The minimum absolute atomic E-state index is 0.889. The van der Waals surface area contributed by atoms with E-state index < -0.39 is 0 Å². The van der Waals surface area contributed by atoms with E-state index in [1.165, 1.54) is 49.7 Å². The minimum Gasteiger partial charge on any atom is -0.455 e. The Balaban J connectivity index is 1.06. The number of nitrogens with zero attached hydrogens (tertiary/aromatic N) is 1. The minimum atomic E-state index is 0.889. The van der Waals surface area contributed by atoms with E-state index in [1.807, 2.05) is 6.07 Å². The summed E-state index contributed by atoms with van der Waals surface area (Å²) in [5.74, 6) is 0. The van der Waals surface area contributed by atoms with E-state index in [1.54, 1.807) is 0 Å². The van der Waals surface area contributed by atoms with Gasteiger partial charge in [0.2, 0.25) is 0 Å². The second-order valence-electron chi connectivity index (χ2n) is 15.3. The standard InChI is InChI=1S/C58H39NO/c1-3-15-40(16-4-1)45-37-46(41-17-5-2-6-18-41)39-47(38-45)42-29-33-48(34-30-42)59(49-35-31-44(32-36-49)51-24-13-20-43-19-7-8-21-50(43)51)56-27-11-9-22-52(56)54-25-14-26-55-53-23-10-12-28-57(53)60-58(54)55/h1-39H. The van der Waals surface area contributed by atoms with Crippen molar-refractivity contribution in [3.63, 3.8) is 0 Å². The van der Waals surface area contributed by atoms with Gasteiger partial charge in [0.05, 0.1) is 5.69 Å². The SMILES string of the molecule is c1ccc(-c2cc(-c3ccccc3)cc(-c3ccc(N(c4ccc(-c5cccc6ccccc56)cc4)c4ccccc4-c4cccc5c4oc4ccccc45)cc3)c2)cc1. The Hall–Kier alpha value is -7.94. The van der Waals surface area contributed by atoms with Crippen LogP contribution in [0.4, 0.5) is 17.1 Å². The van der Waals surface area contributed by atoms with E-state index in [9.17, 15) is 0 Å². The number of rotatable bonds is 8. The lowest BCUT2D eigenvalue weighted by Gasteiger charge is -2.28. The summed E-state index contributed by atoms with van der Waals surface area (Å²) in [6, 6.07) is 84.8. The number of furan rings is 1. The lowest BCUT2D eigenvalue weighted by atomic mass is 9.93. The molecule has 0 amide bonds. The summed E-state index contributed by atoms with van der Waals surface area (Å²) in [7, 11) is 0. The van der Waals surface area contributed by atoms with Crippen LogP contribution in [0.1, 0.15) is 0 Å². The van der Waals surface area contributed by atoms with E-state index in [2.05, 4.69) is 235 Å². The number of hydrogen-bond donors (Lipinski definition) is 0. The van der Waals surface area contributed by atoms with Crippen molar-refractivity contribution in [2.45, 2.75) is 0 Å². The monoisotopic (exact) mass is 765 g/mol. The summed E-state index contributed by atoms with van der Waals surface area (Å²) in [4.78, 5) is 2.38. The zero-order valence-corrected chi connectivity index (χ0v) is 32.9. The molecule has 1 heterocycles. The quantitative estimate of drug-likeness (QED) is 0.153. The third-order valence-corrected chi connectivity index (χ3v) is 11.7. The summed E-state index contributed by atoms with van der Waals surface area (Å²) in [5, 5.41) is 4.71. The molecule has 0 radical (unpaired) electrons. The molecule has 0 unspecified atom stereocenters. The highest BCUT2D eigenvalue weighted by atomic mass is 16.3. The van der Waals surface area contributed by atoms with E-state index in [-0.39, 0.29) is 0 Å². The molecule has 0 bridgehead atoms. The van der Waals surface area contributed by atoms with Gasteiger partial charge in [-0.1, -0.05) is 182 Å². The molecule has 0 spiro atoms. The van der Waals surface area contributed by atoms with Crippen LogP contribution < -0.4 is 4.90 Å². The van der Waals surface area contributed by atoms with Crippen molar-refractivity contribution in [1.82, 2.24) is 0 Å². The Labute approximate surface area is 349 Å². The third kappa shape index (κ3) is 6.41. The normalized spacial score (nSPS) is 11.3. The largest absolute Gasteiger partial charge is 0.455 e. The summed E-state index contributed by atoms with van der Waals surface area (Å²) in [5.41, 5.74) is 16.6. The predicted octanol–water partition coefficient (Wildman–Crippen LogP) is 16.5. The van der Waals surface area contributed by atoms with Crippen molar-refractivity contribution >= 4 is 49.8 Å². The first-order chi connectivity index (χ1) is 29.7. The average Bonchev–Trinajstić information content (AvgIpc) is 3.72. The first-order valence-electron chi connectivity index (χ1n) is 20.5. The van der Waals surface area contributed by atoms with Gasteiger partial charge in [-0.15, -0.1) is 0 Å². The van der Waals surface area contributed by atoms with E-state index in [0.717, 1.165) is 55.7 Å². The van der Waals surface area contributed by atoms with Gasteiger partial charge < -0.3 is 9.32 Å². The number of hydrogen-bond acceptors (Lipinski definition) is 2. The molecule has 1 aromatic heterocycles. The van der Waals surface area contributed by atoms with Gasteiger partial charge in [-0.2, -0.15) is 0 Å². The Kier molecular flexibility index (Phi) is 8.87. The molecular weight excluding hydrogens is 727 g/mol. The highest BCUT2D eigenvalue weighted by Gasteiger charge is 2.21. The second-order valence-corrected chi connectivity index (χ2v) is 15.3. The van der Waals surface area contributed by atoms with E-state index >= 15 is 0 Å². The van der Waals surface area contributed by atoms with Crippen LogP contribution in [0.15, 0.2) is 241 Å². The third-order valence-electron chi connectivity index (χ3n) is 11.7. The van der Waals surface area contributed by atoms with Crippen LogP contribution in [0.3, 0.4) is 0 Å². The highest BCUT2D eigenvalue weighted by Crippen LogP contribution is 2.45. The van der Waals surface area contributed by atoms with Gasteiger partial charge in [0.1, 0.15) is 11.2 Å². The summed E-state index contributed by atoms with van der Waals surface area (Å²) >= 11 is 0. The smallest absolute Gasteiger partial charge is 0.143 e. The Morgan fingerprint density at radius 1 is 0.283 bits per heavy atom. The van der Waals surface area contributed by atoms with Crippen LogP contribution in [0.2, 0.25) is 0 Å². The molecule has 10 aromatic carbocycles. The van der Waals surface area contributed by atoms with Gasteiger partial charge in [0.25, 0.3) is 0 Å². The average molecular weight is 766 g/mol. The van der Waals surface area contributed by atoms with Crippen LogP contribution in [0.5, 0.6) is 0 Å². The van der Waals surface area contributed by atoms with Crippen molar-refractivity contribution in [3.05, 3.63) is 237 Å². The zero-order chi connectivity index (χ0) is 39.8. The van der Waals surface area contributed by atoms with Gasteiger partial charge in [-0.05, 0) is 110 Å². The maximum atomic E-state index is 6.61. The van der Waals surface area contributed by atoms with Crippen molar-refractivity contribution in [1.29, 1.82) is 0 Å². The maximum Gasteiger partial charge on any atom is 0.143 e. The maximum absolute atomic E-state index is 6.61. The molecular formula is C58H39NO. The van der Waals surface area contributed by atoms with Crippen LogP contribution in [0.25, 0.3) is 88.3 Å². The molecule has 0 saturated carbocycles. The molecule has 0 fully saturated rings. The fraction of sp³-hybridized carbons (Fsp3) is 0. The Morgan fingerprint density at radius 2 is 0.750 bits per heavy atom. The molecule has 0 saturated heterocycles. The predicted molar refractivity (Wildman–Crippen MR) is 253 cm³/mol. The number of benzene rings is 10. The van der Waals surface area contributed by atoms with Gasteiger partial charge >= 0.3 is 0 Å². The van der Waals surface area contributed by atoms with Gasteiger partial charge in [0.15, 0.2) is 0 Å². The lowest BCUT2D eigenvalue weighted by molar-refractivity contribution is 0.670. The lowest BCUT2D eigenvalue weighted by Crippen LogP contribution is -2.11. The first kappa shape index (κ1) is 35.2. The van der Waals surface area contributed by atoms with E-state index in [0.29, 0.717) is 0 Å². The second kappa shape index (κ2) is 15.1. The summed E-state index contributed by atoms with van der Waals surface area (Å²) in [6.07, 6.45) is 0. The van der Waals surface area contributed by atoms with Gasteiger partial charge in [-0.3, -0.25) is 0 Å². The molecule has 11 aromatic rings. The fourth-order valence-electron chi connectivity index (χ4n) is 8.74. The van der Waals surface area contributed by atoms with Crippen molar-refractivity contribution in [2.75, 3.05) is 4.90 Å².